The van der Waals surface area contributed by atoms with Gasteiger partial charge in [-0.1, -0.05) is 60.2 Å². The molecule has 2 aromatic carbocycles. The summed E-state index contributed by atoms with van der Waals surface area (Å²) in [6, 6.07) is 20.3. The van der Waals surface area contributed by atoms with Crippen LogP contribution >= 0.6 is 0 Å². The maximum absolute atomic E-state index is 12.8. The van der Waals surface area contributed by atoms with Gasteiger partial charge in [0.1, 0.15) is 19.3 Å². The summed E-state index contributed by atoms with van der Waals surface area (Å²) in [6.45, 7) is 4.63. The summed E-state index contributed by atoms with van der Waals surface area (Å²) in [5, 5.41) is 13.1. The first-order chi connectivity index (χ1) is 16.0. The van der Waals surface area contributed by atoms with E-state index in [1.807, 2.05) is 54.4 Å². The minimum atomic E-state index is -0.311. The SMILES string of the molecule is Cc1ccc(COCCN2CC3N(CC2=O)C(=O)CN(CC#N)N3Cc2ccccc2)cc1. The minimum absolute atomic E-state index is 0.0488. The van der Waals surface area contributed by atoms with Gasteiger partial charge < -0.3 is 14.5 Å². The van der Waals surface area contributed by atoms with E-state index in [4.69, 9.17) is 4.74 Å². The first-order valence-corrected chi connectivity index (χ1v) is 11.2. The van der Waals surface area contributed by atoms with Crippen LogP contribution in [0.5, 0.6) is 0 Å². The molecule has 0 aromatic heterocycles. The van der Waals surface area contributed by atoms with Crippen molar-refractivity contribution in [3.8, 4) is 6.07 Å². The normalized spacial score (nSPS) is 19.5. The van der Waals surface area contributed by atoms with Gasteiger partial charge in [-0.05, 0) is 18.1 Å². The number of hydrazine groups is 1. The average molecular weight is 448 g/mol. The topological polar surface area (TPSA) is 80.1 Å². The zero-order valence-electron chi connectivity index (χ0n) is 18.9. The predicted octanol–water partition coefficient (Wildman–Crippen LogP) is 1.76. The van der Waals surface area contributed by atoms with Gasteiger partial charge in [0.05, 0.1) is 32.4 Å². The highest BCUT2D eigenvalue weighted by molar-refractivity contribution is 5.87. The number of piperazine rings is 1. The minimum Gasteiger partial charge on any atom is -0.375 e. The molecule has 2 saturated heterocycles. The zero-order valence-corrected chi connectivity index (χ0v) is 18.9. The fraction of sp³-hybridized carbons (Fsp3) is 0.400. The Balaban J connectivity index is 1.42. The molecule has 1 atom stereocenters. The number of ether oxygens (including phenoxy) is 1. The van der Waals surface area contributed by atoms with E-state index in [2.05, 4.69) is 18.2 Å². The van der Waals surface area contributed by atoms with Crippen molar-refractivity contribution >= 4 is 11.8 Å². The first kappa shape index (κ1) is 22.9. The van der Waals surface area contributed by atoms with Gasteiger partial charge in [0.15, 0.2) is 0 Å². The van der Waals surface area contributed by atoms with Gasteiger partial charge in [0.25, 0.3) is 0 Å². The Hall–Kier alpha value is -3.25. The summed E-state index contributed by atoms with van der Waals surface area (Å²) < 4.78 is 5.81. The van der Waals surface area contributed by atoms with Gasteiger partial charge in [-0.25, -0.2) is 10.0 Å². The number of nitrogens with zero attached hydrogens (tertiary/aromatic N) is 5. The largest absolute Gasteiger partial charge is 0.375 e. The van der Waals surface area contributed by atoms with Crippen molar-refractivity contribution in [2.75, 3.05) is 39.3 Å². The Bertz CT molecular complexity index is 1000. The molecule has 0 radical (unpaired) electrons. The molecule has 1 unspecified atom stereocenters. The van der Waals surface area contributed by atoms with Crippen molar-refractivity contribution in [3.05, 3.63) is 71.3 Å². The second-order valence-corrected chi connectivity index (χ2v) is 8.44. The number of fused-ring (bicyclic) bond motifs is 1. The maximum Gasteiger partial charge on any atom is 0.242 e. The van der Waals surface area contributed by atoms with Crippen molar-refractivity contribution in [2.45, 2.75) is 26.2 Å². The van der Waals surface area contributed by atoms with E-state index in [0.717, 1.165) is 11.1 Å². The predicted molar refractivity (Wildman–Crippen MR) is 122 cm³/mol. The van der Waals surface area contributed by atoms with E-state index < -0.39 is 0 Å². The van der Waals surface area contributed by atoms with E-state index in [9.17, 15) is 14.9 Å². The molecule has 0 saturated carbocycles. The average Bonchev–Trinajstić information content (AvgIpc) is 2.82. The molecule has 172 valence electrons. The molecule has 0 aliphatic carbocycles. The lowest BCUT2D eigenvalue weighted by molar-refractivity contribution is -0.195. The summed E-state index contributed by atoms with van der Waals surface area (Å²) in [4.78, 5) is 28.9. The number of amides is 2. The monoisotopic (exact) mass is 447 g/mol. The highest BCUT2D eigenvalue weighted by Crippen LogP contribution is 2.24. The second-order valence-electron chi connectivity index (χ2n) is 8.44. The van der Waals surface area contributed by atoms with Crippen LogP contribution in [0, 0.1) is 18.3 Å². The third-order valence-corrected chi connectivity index (χ3v) is 6.08. The highest BCUT2D eigenvalue weighted by atomic mass is 16.5. The summed E-state index contributed by atoms with van der Waals surface area (Å²) in [5.41, 5.74) is 3.38. The van der Waals surface area contributed by atoms with Gasteiger partial charge in [-0.15, -0.1) is 0 Å². The molecule has 0 spiro atoms. The van der Waals surface area contributed by atoms with Gasteiger partial charge in [0.2, 0.25) is 11.8 Å². The number of carbonyl (C=O) groups is 2. The van der Waals surface area contributed by atoms with Crippen LogP contribution < -0.4 is 0 Å². The molecule has 2 aromatic rings. The molecule has 0 bridgehead atoms. The van der Waals surface area contributed by atoms with Crippen LogP contribution in [0.1, 0.15) is 16.7 Å². The molecule has 2 amide bonds. The molecule has 2 aliphatic rings. The van der Waals surface area contributed by atoms with Crippen LogP contribution in [0.2, 0.25) is 0 Å². The summed E-state index contributed by atoms with van der Waals surface area (Å²) in [7, 11) is 0. The number of hydrogen-bond acceptors (Lipinski definition) is 6. The van der Waals surface area contributed by atoms with E-state index in [-0.39, 0.29) is 37.6 Å². The van der Waals surface area contributed by atoms with Crippen molar-refractivity contribution in [1.82, 2.24) is 19.8 Å². The number of aryl methyl sites for hydroxylation is 1. The molecular weight excluding hydrogens is 418 g/mol. The zero-order chi connectivity index (χ0) is 23.2. The molecule has 4 rings (SSSR count). The Morgan fingerprint density at radius 1 is 1.00 bits per heavy atom. The lowest BCUT2D eigenvalue weighted by Crippen LogP contribution is -2.71. The Morgan fingerprint density at radius 2 is 1.76 bits per heavy atom. The van der Waals surface area contributed by atoms with Crippen LogP contribution in [0.3, 0.4) is 0 Å². The molecule has 33 heavy (non-hydrogen) atoms. The Labute approximate surface area is 194 Å². The summed E-state index contributed by atoms with van der Waals surface area (Å²) in [5.74, 6) is -0.199. The van der Waals surface area contributed by atoms with E-state index >= 15 is 0 Å². The molecular formula is C25H29N5O3. The van der Waals surface area contributed by atoms with Crippen molar-refractivity contribution in [2.24, 2.45) is 0 Å². The number of hydrogen-bond donors (Lipinski definition) is 0. The molecule has 2 aliphatic heterocycles. The second kappa shape index (κ2) is 10.6. The maximum atomic E-state index is 12.8. The molecule has 2 fully saturated rings. The lowest BCUT2D eigenvalue weighted by atomic mass is 10.1. The highest BCUT2D eigenvalue weighted by Gasteiger charge is 2.44. The molecule has 8 heteroatoms. The van der Waals surface area contributed by atoms with Crippen LogP contribution in [0.25, 0.3) is 0 Å². The number of rotatable bonds is 8. The van der Waals surface area contributed by atoms with Crippen LogP contribution in [-0.4, -0.2) is 77.1 Å². The van der Waals surface area contributed by atoms with Crippen LogP contribution in [-0.2, 0) is 27.5 Å². The Morgan fingerprint density at radius 3 is 2.48 bits per heavy atom. The third kappa shape index (κ3) is 5.57. The van der Waals surface area contributed by atoms with Gasteiger partial charge in [-0.3, -0.25) is 9.59 Å². The smallest absolute Gasteiger partial charge is 0.242 e. The van der Waals surface area contributed by atoms with E-state index in [1.165, 1.54) is 5.56 Å². The molecule has 8 nitrogen and oxygen atoms in total. The van der Waals surface area contributed by atoms with Gasteiger partial charge >= 0.3 is 0 Å². The fourth-order valence-electron chi connectivity index (χ4n) is 4.25. The molecule has 2 heterocycles. The summed E-state index contributed by atoms with van der Waals surface area (Å²) >= 11 is 0. The fourth-order valence-corrected chi connectivity index (χ4v) is 4.25. The quantitative estimate of drug-likeness (QED) is 0.453. The van der Waals surface area contributed by atoms with Crippen molar-refractivity contribution < 1.29 is 14.3 Å². The number of nitriles is 1. The number of carbonyl (C=O) groups excluding carboxylic acids is 2. The third-order valence-electron chi connectivity index (χ3n) is 6.08. The number of benzene rings is 2. The van der Waals surface area contributed by atoms with Crippen LogP contribution in [0.15, 0.2) is 54.6 Å². The van der Waals surface area contributed by atoms with Gasteiger partial charge in [-0.2, -0.15) is 5.26 Å². The molecule has 0 N–H and O–H groups in total. The van der Waals surface area contributed by atoms with Crippen molar-refractivity contribution in [3.63, 3.8) is 0 Å². The van der Waals surface area contributed by atoms with Crippen LogP contribution in [0.4, 0.5) is 0 Å². The Kier molecular flexibility index (Phi) is 7.35. The van der Waals surface area contributed by atoms with Crippen molar-refractivity contribution in [1.29, 1.82) is 5.26 Å². The summed E-state index contributed by atoms with van der Waals surface area (Å²) in [6.07, 6.45) is -0.311. The van der Waals surface area contributed by atoms with E-state index in [1.54, 1.807) is 14.8 Å². The van der Waals surface area contributed by atoms with E-state index in [0.29, 0.717) is 32.8 Å². The van der Waals surface area contributed by atoms with Gasteiger partial charge in [0, 0.05) is 13.1 Å². The lowest BCUT2D eigenvalue weighted by Gasteiger charge is -2.52. The standard InChI is InChI=1S/C25H29N5O3/c1-20-7-9-22(10-8-20)19-33-14-13-27-16-23-29(18-24(27)31)25(32)17-28(12-11-26)30(23)15-21-5-3-2-4-6-21/h2-10,23H,12-19H2,1H3. The first-order valence-electron chi connectivity index (χ1n) is 11.2.